The molecular weight excluding hydrogens is 264 g/mol. The van der Waals surface area contributed by atoms with E-state index < -0.39 is 0 Å². The maximum Gasteiger partial charge on any atom is 0.271 e. The summed E-state index contributed by atoms with van der Waals surface area (Å²) in [5, 5.41) is 13.8. The monoisotopic (exact) mass is 288 g/mol. The zero-order valence-corrected chi connectivity index (χ0v) is 13.0. The molecule has 0 aromatic heterocycles. The normalized spacial score (nSPS) is 24.3. The molecule has 2 atom stereocenters. The second kappa shape index (κ2) is 6.74. The van der Waals surface area contributed by atoms with Gasteiger partial charge in [0.25, 0.3) is 5.91 Å². The lowest BCUT2D eigenvalue weighted by molar-refractivity contribution is 0.0953. The molecular formula is C17H24N2O2. The second-order valence-electron chi connectivity index (χ2n) is 6.33. The van der Waals surface area contributed by atoms with Gasteiger partial charge in [-0.1, -0.05) is 26.8 Å². The number of hydrogen-bond donors (Lipinski definition) is 2. The molecule has 0 aliphatic heterocycles. The standard InChI is InChI=1S/C17H24N2O2/c1-11(2)15-8-7-12(3)9-16(15)18-19-17(21)13-5-4-6-14(20)10-13/h4-6,10-12,15,20H,7-9H2,1-3H3,(H,19,21)/b18-16-/t12-,15-/m1/s1. The topological polar surface area (TPSA) is 61.7 Å². The molecule has 0 heterocycles. The molecule has 1 saturated carbocycles. The fourth-order valence-corrected chi connectivity index (χ4v) is 2.92. The van der Waals surface area contributed by atoms with Crippen LogP contribution in [-0.2, 0) is 0 Å². The molecule has 21 heavy (non-hydrogen) atoms. The van der Waals surface area contributed by atoms with Crippen molar-refractivity contribution in [2.75, 3.05) is 0 Å². The number of hydrogen-bond acceptors (Lipinski definition) is 3. The van der Waals surface area contributed by atoms with Gasteiger partial charge in [-0.05, 0) is 49.3 Å². The Kier molecular flexibility index (Phi) is 4.99. The third-order valence-electron chi connectivity index (χ3n) is 4.17. The zero-order valence-electron chi connectivity index (χ0n) is 13.0. The second-order valence-corrected chi connectivity index (χ2v) is 6.33. The molecule has 0 bridgehead atoms. The van der Waals surface area contributed by atoms with Gasteiger partial charge in [0.2, 0.25) is 0 Å². The van der Waals surface area contributed by atoms with Gasteiger partial charge in [0.05, 0.1) is 0 Å². The van der Waals surface area contributed by atoms with Crippen LogP contribution in [0.25, 0.3) is 0 Å². The number of rotatable bonds is 3. The van der Waals surface area contributed by atoms with Crippen LogP contribution in [0.2, 0.25) is 0 Å². The van der Waals surface area contributed by atoms with E-state index in [4.69, 9.17) is 0 Å². The van der Waals surface area contributed by atoms with Crippen LogP contribution >= 0.6 is 0 Å². The van der Waals surface area contributed by atoms with Crippen molar-refractivity contribution in [3.8, 4) is 5.75 Å². The lowest BCUT2D eigenvalue weighted by Crippen LogP contribution is -2.31. The lowest BCUT2D eigenvalue weighted by atomic mass is 9.76. The first-order valence-corrected chi connectivity index (χ1v) is 7.63. The van der Waals surface area contributed by atoms with E-state index in [2.05, 4.69) is 31.3 Å². The Morgan fingerprint density at radius 2 is 2.14 bits per heavy atom. The Hall–Kier alpha value is -1.84. The van der Waals surface area contributed by atoms with Crippen molar-refractivity contribution >= 4 is 11.6 Å². The van der Waals surface area contributed by atoms with Crippen LogP contribution in [0.4, 0.5) is 0 Å². The largest absolute Gasteiger partial charge is 0.508 e. The summed E-state index contributed by atoms with van der Waals surface area (Å²) >= 11 is 0. The summed E-state index contributed by atoms with van der Waals surface area (Å²) in [7, 11) is 0. The number of phenols is 1. The molecule has 1 aromatic carbocycles. The minimum absolute atomic E-state index is 0.0849. The summed E-state index contributed by atoms with van der Waals surface area (Å²) in [5.74, 6) is 1.41. The number of hydrazone groups is 1. The Morgan fingerprint density at radius 1 is 1.38 bits per heavy atom. The van der Waals surface area contributed by atoms with Crippen LogP contribution in [0.1, 0.15) is 50.4 Å². The van der Waals surface area contributed by atoms with Crippen molar-refractivity contribution in [1.29, 1.82) is 0 Å². The van der Waals surface area contributed by atoms with E-state index in [1.165, 1.54) is 12.5 Å². The number of benzene rings is 1. The lowest BCUT2D eigenvalue weighted by Gasteiger charge is -2.30. The number of carbonyl (C=O) groups is 1. The highest BCUT2D eigenvalue weighted by Crippen LogP contribution is 2.31. The van der Waals surface area contributed by atoms with Gasteiger partial charge in [-0.2, -0.15) is 5.10 Å². The van der Waals surface area contributed by atoms with Gasteiger partial charge in [-0.25, -0.2) is 5.43 Å². The van der Waals surface area contributed by atoms with E-state index >= 15 is 0 Å². The van der Waals surface area contributed by atoms with Gasteiger partial charge < -0.3 is 5.11 Å². The van der Waals surface area contributed by atoms with Crippen molar-refractivity contribution in [2.24, 2.45) is 22.9 Å². The smallest absolute Gasteiger partial charge is 0.271 e. The van der Waals surface area contributed by atoms with Gasteiger partial charge in [0.15, 0.2) is 0 Å². The molecule has 2 rings (SSSR count). The van der Waals surface area contributed by atoms with Gasteiger partial charge in [-0.3, -0.25) is 4.79 Å². The van der Waals surface area contributed by atoms with Gasteiger partial charge in [0.1, 0.15) is 5.75 Å². The van der Waals surface area contributed by atoms with E-state index in [0.717, 1.165) is 18.6 Å². The van der Waals surface area contributed by atoms with E-state index in [0.29, 0.717) is 23.3 Å². The molecule has 0 radical (unpaired) electrons. The van der Waals surface area contributed by atoms with Crippen molar-refractivity contribution in [1.82, 2.24) is 5.43 Å². The minimum atomic E-state index is -0.279. The maximum atomic E-state index is 12.1. The summed E-state index contributed by atoms with van der Waals surface area (Å²) in [5.41, 5.74) is 4.15. The highest BCUT2D eigenvalue weighted by atomic mass is 16.3. The summed E-state index contributed by atoms with van der Waals surface area (Å²) in [6, 6.07) is 6.30. The van der Waals surface area contributed by atoms with Crippen LogP contribution in [0, 0.1) is 17.8 Å². The summed E-state index contributed by atoms with van der Waals surface area (Å²) in [6.45, 7) is 6.63. The molecule has 4 heteroatoms. The molecule has 2 N–H and O–H groups in total. The van der Waals surface area contributed by atoms with Gasteiger partial charge in [0, 0.05) is 17.2 Å². The third kappa shape index (κ3) is 4.06. The first kappa shape index (κ1) is 15.5. The molecule has 0 spiro atoms. The quantitative estimate of drug-likeness (QED) is 0.835. The maximum absolute atomic E-state index is 12.1. The molecule has 1 fully saturated rings. The number of amides is 1. The average Bonchev–Trinajstić information content (AvgIpc) is 2.44. The number of phenolic OH excluding ortho intramolecular Hbond substituents is 1. The molecule has 4 nitrogen and oxygen atoms in total. The summed E-state index contributed by atoms with van der Waals surface area (Å²) in [4.78, 5) is 12.1. The van der Waals surface area contributed by atoms with Crippen molar-refractivity contribution < 1.29 is 9.90 Å². The van der Waals surface area contributed by atoms with Crippen molar-refractivity contribution in [3.63, 3.8) is 0 Å². The van der Waals surface area contributed by atoms with E-state index in [1.54, 1.807) is 18.2 Å². The highest BCUT2D eigenvalue weighted by molar-refractivity contribution is 5.96. The number of nitrogens with one attached hydrogen (secondary N) is 1. The van der Waals surface area contributed by atoms with Crippen molar-refractivity contribution in [3.05, 3.63) is 29.8 Å². The fourth-order valence-electron chi connectivity index (χ4n) is 2.92. The fraction of sp³-hybridized carbons (Fsp3) is 0.529. The van der Waals surface area contributed by atoms with Gasteiger partial charge >= 0.3 is 0 Å². The first-order chi connectivity index (χ1) is 9.97. The van der Waals surface area contributed by atoms with Gasteiger partial charge in [-0.15, -0.1) is 0 Å². The minimum Gasteiger partial charge on any atom is -0.508 e. The molecule has 1 aliphatic carbocycles. The zero-order chi connectivity index (χ0) is 15.4. The van der Waals surface area contributed by atoms with Crippen LogP contribution < -0.4 is 5.43 Å². The third-order valence-corrected chi connectivity index (χ3v) is 4.17. The Bertz CT molecular complexity index is 537. The van der Waals surface area contributed by atoms with Crippen LogP contribution in [0.15, 0.2) is 29.4 Å². The summed E-state index contributed by atoms with van der Waals surface area (Å²) < 4.78 is 0. The molecule has 1 aromatic rings. The van der Waals surface area contributed by atoms with E-state index in [9.17, 15) is 9.90 Å². The summed E-state index contributed by atoms with van der Waals surface area (Å²) in [6.07, 6.45) is 3.31. The average molecular weight is 288 g/mol. The first-order valence-electron chi connectivity index (χ1n) is 7.63. The predicted octanol–water partition coefficient (Wildman–Crippen LogP) is 3.57. The van der Waals surface area contributed by atoms with E-state index in [1.807, 2.05) is 0 Å². The number of aromatic hydroxyl groups is 1. The Balaban J connectivity index is 2.08. The van der Waals surface area contributed by atoms with Crippen LogP contribution in [0.5, 0.6) is 5.75 Å². The molecule has 0 saturated heterocycles. The van der Waals surface area contributed by atoms with Crippen LogP contribution in [0.3, 0.4) is 0 Å². The Morgan fingerprint density at radius 3 is 2.81 bits per heavy atom. The van der Waals surface area contributed by atoms with Crippen LogP contribution in [-0.4, -0.2) is 16.7 Å². The van der Waals surface area contributed by atoms with Crippen molar-refractivity contribution in [2.45, 2.75) is 40.0 Å². The molecule has 0 unspecified atom stereocenters. The molecule has 114 valence electrons. The Labute approximate surface area is 126 Å². The number of nitrogens with zero attached hydrogens (tertiary/aromatic N) is 1. The molecule has 1 aliphatic rings. The number of carbonyl (C=O) groups excluding carboxylic acids is 1. The highest BCUT2D eigenvalue weighted by Gasteiger charge is 2.27. The van der Waals surface area contributed by atoms with E-state index in [-0.39, 0.29) is 11.7 Å². The molecule has 1 amide bonds. The SMILES string of the molecule is CC(C)[C@H]1CC[C@@H](C)C/C1=N/NC(=O)c1cccc(O)c1. The predicted molar refractivity (Wildman–Crippen MR) is 84.4 cm³/mol.